The van der Waals surface area contributed by atoms with Crippen LogP contribution in [0.25, 0.3) is 11.1 Å². The smallest absolute Gasteiger partial charge is 0 e. The van der Waals surface area contributed by atoms with Gasteiger partial charge in [0.2, 0.25) is 0 Å². The fraction of sp³-hybridized carbons (Fsp3) is 0.280. The van der Waals surface area contributed by atoms with E-state index in [1.165, 1.54) is 43.2 Å². The van der Waals surface area contributed by atoms with Crippen LogP contribution >= 0.6 is 0 Å². The van der Waals surface area contributed by atoms with Crippen LogP contribution in [0.4, 0.5) is 0 Å². The molecule has 0 spiro atoms. The lowest BCUT2D eigenvalue weighted by molar-refractivity contribution is 0.443. The summed E-state index contributed by atoms with van der Waals surface area (Å²) in [5.74, 6) is 0.861. The molecule has 0 radical (unpaired) electrons. The summed E-state index contributed by atoms with van der Waals surface area (Å²) in [5, 5.41) is 0. The van der Waals surface area contributed by atoms with Gasteiger partial charge in [0.15, 0.2) is 0 Å². The molecule has 0 bridgehead atoms. The molecule has 0 saturated heterocycles. The summed E-state index contributed by atoms with van der Waals surface area (Å²) in [5.41, 5.74) is 4.11. The van der Waals surface area contributed by atoms with Crippen molar-refractivity contribution in [3.8, 4) is 11.1 Å². The minimum absolute atomic E-state index is 0. The molecule has 0 unspecified atom stereocenters. The van der Waals surface area contributed by atoms with Crippen molar-refractivity contribution in [1.82, 2.24) is 0 Å². The third-order valence-electron chi connectivity index (χ3n) is 4.76. The highest BCUT2D eigenvalue weighted by molar-refractivity contribution is 5.62. The number of benzene rings is 3. The topological polar surface area (TPSA) is 0 Å². The van der Waals surface area contributed by atoms with Crippen molar-refractivity contribution in [2.75, 3.05) is 0 Å². The van der Waals surface area contributed by atoms with E-state index in [2.05, 4.69) is 78.9 Å². The Labute approximate surface area is 155 Å². The summed E-state index contributed by atoms with van der Waals surface area (Å²) >= 11 is 0. The second kappa shape index (κ2) is 10.5. The first-order valence-electron chi connectivity index (χ1n) is 9.09. The fourth-order valence-corrected chi connectivity index (χ4v) is 3.42. The SMILES string of the molecule is C.[HH].c1ccc(-c2ccccc2)cc1.c1ccc(C2CCCCC2)cc1. The van der Waals surface area contributed by atoms with Gasteiger partial charge in [0.05, 0.1) is 0 Å². The van der Waals surface area contributed by atoms with Gasteiger partial charge in [0.25, 0.3) is 0 Å². The zero-order chi connectivity index (χ0) is 16.5. The summed E-state index contributed by atoms with van der Waals surface area (Å²) in [6, 6.07) is 31.7. The number of hydrogen-bond acceptors (Lipinski definition) is 0. The van der Waals surface area contributed by atoms with E-state index >= 15 is 0 Å². The van der Waals surface area contributed by atoms with Crippen molar-refractivity contribution in [2.45, 2.75) is 45.4 Å². The first-order valence-corrected chi connectivity index (χ1v) is 9.09. The van der Waals surface area contributed by atoms with E-state index in [0.717, 1.165) is 5.92 Å². The van der Waals surface area contributed by atoms with Crippen LogP contribution in [-0.4, -0.2) is 0 Å². The first kappa shape index (κ1) is 19.0. The highest BCUT2D eigenvalue weighted by atomic mass is 14.2. The van der Waals surface area contributed by atoms with Crippen LogP contribution in [0.5, 0.6) is 0 Å². The van der Waals surface area contributed by atoms with E-state index in [-0.39, 0.29) is 8.85 Å². The molecule has 0 aliphatic heterocycles. The molecule has 0 heterocycles. The largest absolute Gasteiger partial charge is 0.0776 e. The Bertz CT molecular complexity index is 648. The minimum atomic E-state index is 0. The van der Waals surface area contributed by atoms with Crippen molar-refractivity contribution in [1.29, 1.82) is 0 Å². The monoisotopic (exact) mass is 332 g/mol. The van der Waals surface area contributed by atoms with Gasteiger partial charge in [-0.05, 0) is 35.4 Å². The van der Waals surface area contributed by atoms with Gasteiger partial charge >= 0.3 is 0 Å². The van der Waals surface area contributed by atoms with E-state index in [4.69, 9.17) is 0 Å². The highest BCUT2D eigenvalue weighted by Crippen LogP contribution is 2.32. The summed E-state index contributed by atoms with van der Waals surface area (Å²) in [4.78, 5) is 0. The number of hydrogen-bond donors (Lipinski definition) is 0. The van der Waals surface area contributed by atoms with Crippen molar-refractivity contribution in [3.05, 3.63) is 96.6 Å². The molecule has 0 aromatic heterocycles. The maximum absolute atomic E-state index is 2.27. The molecule has 0 atom stereocenters. The lowest BCUT2D eigenvalue weighted by Gasteiger charge is -2.21. The normalized spacial score (nSPS) is 13.9. The maximum Gasteiger partial charge on any atom is 0 e. The lowest BCUT2D eigenvalue weighted by Crippen LogP contribution is -2.03. The van der Waals surface area contributed by atoms with E-state index in [1.54, 1.807) is 5.56 Å². The molecular weight excluding hydrogens is 300 g/mol. The minimum Gasteiger partial charge on any atom is -0.0776 e. The summed E-state index contributed by atoms with van der Waals surface area (Å²) in [6.45, 7) is 0. The van der Waals surface area contributed by atoms with Crippen LogP contribution in [-0.2, 0) is 0 Å². The van der Waals surface area contributed by atoms with E-state index in [9.17, 15) is 0 Å². The Morgan fingerprint density at radius 1 is 0.520 bits per heavy atom. The Hall–Kier alpha value is -2.34. The molecule has 1 aliphatic rings. The Morgan fingerprint density at radius 2 is 0.920 bits per heavy atom. The van der Waals surface area contributed by atoms with Crippen molar-refractivity contribution < 1.29 is 1.43 Å². The van der Waals surface area contributed by atoms with Crippen LogP contribution in [0.15, 0.2) is 91.0 Å². The van der Waals surface area contributed by atoms with Crippen LogP contribution in [0.2, 0.25) is 0 Å². The molecule has 132 valence electrons. The molecule has 0 heteroatoms. The summed E-state index contributed by atoms with van der Waals surface area (Å²) in [6.07, 6.45) is 7.12. The van der Waals surface area contributed by atoms with Crippen molar-refractivity contribution >= 4 is 0 Å². The standard InChI is InChI=1S/C12H16.C12H10.CH4.H2/c2*1-3-7-11(8-4-1)12-9-5-2-6-10-12;;/h1,3-4,7-8,12H,2,5-6,9-10H2;1-10H;1H4;1H. The Morgan fingerprint density at radius 3 is 1.36 bits per heavy atom. The van der Waals surface area contributed by atoms with Gasteiger partial charge in [-0.1, -0.05) is 118 Å². The molecule has 0 nitrogen and oxygen atoms in total. The molecule has 3 aromatic carbocycles. The van der Waals surface area contributed by atoms with Gasteiger partial charge in [0, 0.05) is 1.43 Å². The quantitative estimate of drug-likeness (QED) is 0.446. The molecule has 4 rings (SSSR count). The molecule has 1 aliphatic carbocycles. The van der Waals surface area contributed by atoms with Gasteiger partial charge in [-0.15, -0.1) is 0 Å². The van der Waals surface area contributed by atoms with Crippen LogP contribution in [0, 0.1) is 0 Å². The average molecular weight is 333 g/mol. The maximum atomic E-state index is 2.27. The Kier molecular flexibility index (Phi) is 7.98. The van der Waals surface area contributed by atoms with E-state index < -0.39 is 0 Å². The second-order valence-corrected chi connectivity index (χ2v) is 6.48. The predicted molar refractivity (Wildman–Crippen MR) is 113 cm³/mol. The number of rotatable bonds is 2. The van der Waals surface area contributed by atoms with Gasteiger partial charge in [0.1, 0.15) is 0 Å². The molecule has 3 aromatic rings. The van der Waals surface area contributed by atoms with Gasteiger partial charge in [-0.25, -0.2) is 0 Å². The predicted octanol–water partition coefficient (Wildman–Crippen LogP) is 7.97. The van der Waals surface area contributed by atoms with Gasteiger partial charge in [-0.2, -0.15) is 0 Å². The molecular formula is C25H32. The van der Waals surface area contributed by atoms with Gasteiger partial charge in [-0.3, -0.25) is 0 Å². The van der Waals surface area contributed by atoms with E-state index in [1.807, 2.05) is 12.1 Å². The lowest BCUT2D eigenvalue weighted by atomic mass is 9.84. The van der Waals surface area contributed by atoms with Crippen LogP contribution < -0.4 is 0 Å². The highest BCUT2D eigenvalue weighted by Gasteiger charge is 2.14. The molecule has 0 amide bonds. The third-order valence-corrected chi connectivity index (χ3v) is 4.76. The Balaban J connectivity index is 0.000000241. The average Bonchev–Trinajstić information content (AvgIpc) is 2.71. The summed E-state index contributed by atoms with van der Waals surface area (Å²) in [7, 11) is 0. The summed E-state index contributed by atoms with van der Waals surface area (Å²) < 4.78 is 0. The molecule has 1 saturated carbocycles. The third kappa shape index (κ3) is 5.90. The fourth-order valence-electron chi connectivity index (χ4n) is 3.42. The van der Waals surface area contributed by atoms with E-state index in [0.29, 0.717) is 0 Å². The van der Waals surface area contributed by atoms with Crippen molar-refractivity contribution in [3.63, 3.8) is 0 Å². The molecule has 0 N–H and O–H groups in total. The molecule has 1 fully saturated rings. The van der Waals surface area contributed by atoms with Crippen molar-refractivity contribution in [2.24, 2.45) is 0 Å². The van der Waals surface area contributed by atoms with Crippen LogP contribution in [0.3, 0.4) is 0 Å². The van der Waals surface area contributed by atoms with Gasteiger partial charge < -0.3 is 0 Å². The zero-order valence-corrected chi connectivity index (χ0v) is 14.3. The second-order valence-electron chi connectivity index (χ2n) is 6.48. The zero-order valence-electron chi connectivity index (χ0n) is 14.3. The first-order chi connectivity index (χ1) is 11.9. The van der Waals surface area contributed by atoms with Crippen LogP contribution in [0.1, 0.15) is 52.4 Å². The molecule has 25 heavy (non-hydrogen) atoms.